The maximum Gasteiger partial charge on any atom is 0.269 e. The zero-order valence-corrected chi connectivity index (χ0v) is 18.6. The van der Waals surface area contributed by atoms with Gasteiger partial charge >= 0.3 is 0 Å². The third-order valence-electron chi connectivity index (χ3n) is 5.19. The van der Waals surface area contributed by atoms with Crippen molar-refractivity contribution in [1.29, 1.82) is 0 Å². The Labute approximate surface area is 186 Å². The van der Waals surface area contributed by atoms with Gasteiger partial charge in [-0.2, -0.15) is 0 Å². The molecule has 1 aliphatic rings. The Balaban J connectivity index is 1.92. The first kappa shape index (κ1) is 23.4. The van der Waals surface area contributed by atoms with Gasteiger partial charge in [-0.1, -0.05) is 31.2 Å². The molecule has 0 fully saturated rings. The Kier molecular flexibility index (Phi) is 6.93. The van der Waals surface area contributed by atoms with Crippen LogP contribution in [0.5, 0.6) is 0 Å². The maximum atomic E-state index is 13.3. The van der Waals surface area contributed by atoms with Crippen molar-refractivity contribution in [3.05, 3.63) is 65.5 Å². The molecule has 0 saturated heterocycles. The normalized spacial score (nSPS) is 15.2. The fraction of sp³-hybridized carbons (Fsp3) is 0.318. The van der Waals surface area contributed by atoms with Crippen molar-refractivity contribution in [2.75, 3.05) is 13.1 Å². The molecule has 2 aromatic carbocycles. The molecule has 0 radical (unpaired) electrons. The molecule has 0 spiro atoms. The summed E-state index contributed by atoms with van der Waals surface area (Å²) in [5, 5.41) is 2.67. The van der Waals surface area contributed by atoms with Crippen LogP contribution >= 0.6 is 0 Å². The summed E-state index contributed by atoms with van der Waals surface area (Å²) >= 11 is 0. The van der Waals surface area contributed by atoms with E-state index in [9.17, 15) is 27.2 Å². The standard InChI is InChI=1S/C22H24FN3O5S/c1-3-18(21(28)24-4-2)25(13-15-9-11-16(23)12-10-15)20(27)14-26-22(29)17-7-5-6-8-19(17)32(26,30)31/h5-12,18H,3-4,13-14H2,1-2H3,(H,24,28)/t18-/m1/s1. The topological polar surface area (TPSA) is 104 Å². The summed E-state index contributed by atoms with van der Waals surface area (Å²) in [5.41, 5.74) is 0.558. The lowest BCUT2D eigenvalue weighted by Gasteiger charge is -2.31. The molecular formula is C22H24FN3O5S. The second-order valence-corrected chi connectivity index (χ2v) is 9.11. The van der Waals surface area contributed by atoms with E-state index in [1.165, 1.54) is 47.4 Å². The number of nitrogens with one attached hydrogen (secondary N) is 1. The maximum absolute atomic E-state index is 13.3. The molecule has 32 heavy (non-hydrogen) atoms. The largest absolute Gasteiger partial charge is 0.355 e. The van der Waals surface area contributed by atoms with Crippen LogP contribution in [0, 0.1) is 5.82 Å². The molecule has 10 heteroatoms. The van der Waals surface area contributed by atoms with Crippen LogP contribution < -0.4 is 5.32 Å². The lowest BCUT2D eigenvalue weighted by atomic mass is 10.1. The van der Waals surface area contributed by atoms with Gasteiger partial charge < -0.3 is 10.2 Å². The molecule has 0 unspecified atom stereocenters. The molecule has 1 aliphatic heterocycles. The fourth-order valence-corrected chi connectivity index (χ4v) is 5.12. The number of amides is 3. The summed E-state index contributed by atoms with van der Waals surface area (Å²) < 4.78 is 39.5. The second kappa shape index (κ2) is 9.47. The molecule has 1 N–H and O–H groups in total. The number of likely N-dealkylation sites (N-methyl/N-ethyl adjacent to an activating group) is 1. The van der Waals surface area contributed by atoms with Crippen LogP contribution in [0.25, 0.3) is 0 Å². The molecule has 3 amide bonds. The number of rotatable bonds is 8. The Morgan fingerprint density at radius 2 is 1.75 bits per heavy atom. The van der Waals surface area contributed by atoms with Crippen molar-refractivity contribution in [3.63, 3.8) is 0 Å². The van der Waals surface area contributed by atoms with Crippen LogP contribution in [0.2, 0.25) is 0 Å². The zero-order chi connectivity index (χ0) is 23.5. The molecule has 170 valence electrons. The quantitative estimate of drug-likeness (QED) is 0.647. The number of sulfonamides is 1. The van der Waals surface area contributed by atoms with Gasteiger partial charge in [-0.15, -0.1) is 0 Å². The highest BCUT2D eigenvalue weighted by Gasteiger charge is 2.43. The molecule has 3 rings (SSSR count). The average Bonchev–Trinajstić information content (AvgIpc) is 2.96. The van der Waals surface area contributed by atoms with Crippen LogP contribution in [0.3, 0.4) is 0 Å². The molecule has 0 bridgehead atoms. The van der Waals surface area contributed by atoms with Crippen molar-refractivity contribution in [1.82, 2.24) is 14.5 Å². The van der Waals surface area contributed by atoms with E-state index in [-0.39, 0.29) is 23.4 Å². The van der Waals surface area contributed by atoms with E-state index >= 15 is 0 Å². The number of nitrogens with zero attached hydrogens (tertiary/aromatic N) is 2. The number of carbonyl (C=O) groups excluding carboxylic acids is 3. The summed E-state index contributed by atoms with van der Waals surface area (Å²) in [6.45, 7) is 3.01. The van der Waals surface area contributed by atoms with Gasteiger partial charge in [0.1, 0.15) is 23.3 Å². The summed E-state index contributed by atoms with van der Waals surface area (Å²) in [6, 6.07) is 10.3. The van der Waals surface area contributed by atoms with Crippen molar-refractivity contribution in [3.8, 4) is 0 Å². The highest BCUT2D eigenvalue weighted by Crippen LogP contribution is 2.30. The Bertz CT molecular complexity index is 1130. The van der Waals surface area contributed by atoms with E-state index < -0.39 is 46.1 Å². The molecule has 0 aliphatic carbocycles. The molecule has 1 heterocycles. The minimum absolute atomic E-state index is 0.00107. The lowest BCUT2D eigenvalue weighted by molar-refractivity contribution is -0.141. The lowest BCUT2D eigenvalue weighted by Crippen LogP contribution is -2.52. The minimum Gasteiger partial charge on any atom is -0.355 e. The van der Waals surface area contributed by atoms with E-state index in [4.69, 9.17) is 0 Å². The highest BCUT2D eigenvalue weighted by molar-refractivity contribution is 7.90. The van der Waals surface area contributed by atoms with Gasteiger partial charge in [0.05, 0.1) is 5.56 Å². The average molecular weight is 462 g/mol. The van der Waals surface area contributed by atoms with E-state index in [0.29, 0.717) is 16.4 Å². The Hall–Kier alpha value is -3.27. The SMILES string of the molecule is CCNC(=O)[C@@H](CC)N(Cc1ccc(F)cc1)C(=O)CN1C(=O)c2ccccc2S1(=O)=O. The second-order valence-electron chi connectivity index (χ2n) is 7.28. The molecule has 0 saturated carbocycles. The zero-order valence-electron chi connectivity index (χ0n) is 17.7. The van der Waals surface area contributed by atoms with Gasteiger partial charge in [0.15, 0.2) is 0 Å². The summed E-state index contributed by atoms with van der Waals surface area (Å²) in [5.74, 6) is -2.35. The van der Waals surface area contributed by atoms with Gasteiger partial charge in [-0.05, 0) is 43.2 Å². The van der Waals surface area contributed by atoms with Crippen molar-refractivity contribution < 1.29 is 27.2 Å². The molecular weight excluding hydrogens is 437 g/mol. The van der Waals surface area contributed by atoms with E-state index in [2.05, 4.69) is 5.32 Å². The van der Waals surface area contributed by atoms with Crippen LogP contribution in [0.1, 0.15) is 36.2 Å². The van der Waals surface area contributed by atoms with Gasteiger partial charge in [0.2, 0.25) is 11.8 Å². The number of fused-ring (bicyclic) bond motifs is 1. The first-order valence-electron chi connectivity index (χ1n) is 10.2. The van der Waals surface area contributed by atoms with Crippen molar-refractivity contribution >= 4 is 27.7 Å². The van der Waals surface area contributed by atoms with Crippen LogP contribution in [-0.4, -0.2) is 54.5 Å². The molecule has 8 nitrogen and oxygen atoms in total. The predicted molar refractivity (Wildman–Crippen MR) is 114 cm³/mol. The smallest absolute Gasteiger partial charge is 0.269 e. The van der Waals surface area contributed by atoms with E-state index in [1.807, 2.05) is 0 Å². The van der Waals surface area contributed by atoms with Gasteiger partial charge in [0.25, 0.3) is 15.9 Å². The highest BCUT2D eigenvalue weighted by atomic mass is 32.2. The molecule has 2 aromatic rings. The minimum atomic E-state index is -4.18. The first-order valence-corrected chi connectivity index (χ1v) is 11.6. The number of benzene rings is 2. The Morgan fingerprint density at radius 3 is 2.34 bits per heavy atom. The van der Waals surface area contributed by atoms with Gasteiger partial charge in [-0.25, -0.2) is 17.1 Å². The number of hydrogen-bond acceptors (Lipinski definition) is 5. The van der Waals surface area contributed by atoms with Crippen LogP contribution in [0.15, 0.2) is 53.4 Å². The summed E-state index contributed by atoms with van der Waals surface area (Å²) in [4.78, 5) is 39.7. The predicted octanol–water partition coefficient (Wildman–Crippen LogP) is 1.91. The third kappa shape index (κ3) is 4.50. The third-order valence-corrected chi connectivity index (χ3v) is 6.98. The van der Waals surface area contributed by atoms with Gasteiger partial charge in [0, 0.05) is 13.1 Å². The number of halogens is 1. The van der Waals surface area contributed by atoms with E-state index in [0.717, 1.165) is 0 Å². The number of hydrogen-bond donors (Lipinski definition) is 1. The van der Waals surface area contributed by atoms with Gasteiger partial charge in [-0.3, -0.25) is 14.4 Å². The summed E-state index contributed by atoms with van der Waals surface area (Å²) in [7, 11) is -4.18. The monoisotopic (exact) mass is 461 g/mol. The van der Waals surface area contributed by atoms with Crippen LogP contribution in [0.4, 0.5) is 4.39 Å². The van der Waals surface area contributed by atoms with Crippen LogP contribution in [-0.2, 0) is 26.2 Å². The number of carbonyl (C=O) groups is 3. The summed E-state index contributed by atoms with van der Waals surface area (Å²) in [6.07, 6.45) is 0.264. The van der Waals surface area contributed by atoms with Crippen molar-refractivity contribution in [2.45, 2.75) is 37.8 Å². The molecule has 0 aromatic heterocycles. The van der Waals surface area contributed by atoms with E-state index in [1.54, 1.807) is 19.9 Å². The fourth-order valence-electron chi connectivity index (χ4n) is 3.60. The van der Waals surface area contributed by atoms with Crippen molar-refractivity contribution in [2.24, 2.45) is 0 Å². The Morgan fingerprint density at radius 1 is 1.09 bits per heavy atom. The molecule has 1 atom stereocenters. The first-order chi connectivity index (χ1) is 15.2.